The predicted octanol–water partition coefficient (Wildman–Crippen LogP) is 3.95. The van der Waals surface area contributed by atoms with Gasteiger partial charge in [-0.2, -0.15) is 10.1 Å². The van der Waals surface area contributed by atoms with Crippen LogP contribution in [0.3, 0.4) is 0 Å². The molecular weight excluding hydrogens is 416 g/mol. The number of H-pyrrole nitrogens is 2. The van der Waals surface area contributed by atoms with E-state index in [0.717, 1.165) is 28.7 Å². The quantitative estimate of drug-likeness (QED) is 0.419. The molecule has 158 valence electrons. The number of fused-ring (bicyclic) bond motifs is 1. The summed E-state index contributed by atoms with van der Waals surface area (Å²) >= 11 is 6.52. The van der Waals surface area contributed by atoms with Crippen LogP contribution in [0.25, 0.3) is 11.0 Å². The van der Waals surface area contributed by atoms with Crippen molar-refractivity contribution < 1.29 is 4.79 Å². The van der Waals surface area contributed by atoms with Crippen molar-refractivity contribution in [3.8, 4) is 0 Å². The van der Waals surface area contributed by atoms with Gasteiger partial charge in [-0.25, -0.2) is 9.97 Å². The Labute approximate surface area is 183 Å². The molecule has 0 radical (unpaired) electrons. The fourth-order valence-corrected chi connectivity index (χ4v) is 4.16. The van der Waals surface area contributed by atoms with Gasteiger partial charge >= 0.3 is 0 Å². The monoisotopic (exact) mass is 436 g/mol. The molecule has 31 heavy (non-hydrogen) atoms. The Hall–Kier alpha value is -3.46. The van der Waals surface area contributed by atoms with Gasteiger partial charge in [0.1, 0.15) is 17.1 Å². The molecule has 0 aliphatic heterocycles. The van der Waals surface area contributed by atoms with Crippen molar-refractivity contribution in [1.82, 2.24) is 30.1 Å². The number of aromatic nitrogens is 6. The lowest BCUT2D eigenvalue weighted by Gasteiger charge is -2.18. The van der Waals surface area contributed by atoms with Gasteiger partial charge in [-0.15, -0.1) is 0 Å². The standard InChI is InChI=1S/C21H21ClN8O/c1-30(10-13-3-5-15-20(19(13)22)25-11-24-15)21-23-7-6-17(27-21)26-18-9-16(28-29-18)12-2-4-14(31)8-12/h3,5-7,9,11-12H,2,4,8,10H2,1H3,(H,24,25)(H2,23,26,27,28,29). The maximum atomic E-state index is 11.5. The zero-order chi connectivity index (χ0) is 21.4. The van der Waals surface area contributed by atoms with E-state index in [1.54, 1.807) is 18.6 Å². The molecule has 5 rings (SSSR count). The Morgan fingerprint density at radius 3 is 3.00 bits per heavy atom. The Morgan fingerprint density at radius 1 is 1.26 bits per heavy atom. The van der Waals surface area contributed by atoms with Crippen LogP contribution in [0.4, 0.5) is 17.6 Å². The van der Waals surface area contributed by atoms with Crippen molar-refractivity contribution in [2.75, 3.05) is 17.3 Å². The number of anilines is 3. The summed E-state index contributed by atoms with van der Waals surface area (Å²) in [5.74, 6) is 2.38. The van der Waals surface area contributed by atoms with E-state index < -0.39 is 0 Å². The molecule has 1 atom stereocenters. The molecule has 3 N–H and O–H groups in total. The van der Waals surface area contributed by atoms with Gasteiger partial charge < -0.3 is 15.2 Å². The van der Waals surface area contributed by atoms with E-state index >= 15 is 0 Å². The molecule has 3 aromatic heterocycles. The molecule has 1 unspecified atom stereocenters. The van der Waals surface area contributed by atoms with Crippen LogP contribution in [0.5, 0.6) is 0 Å². The third-order valence-corrected chi connectivity index (χ3v) is 5.96. The van der Waals surface area contributed by atoms with Gasteiger partial charge in [0.2, 0.25) is 5.95 Å². The number of hydrogen-bond donors (Lipinski definition) is 3. The Balaban J connectivity index is 1.30. The first-order valence-corrected chi connectivity index (χ1v) is 10.4. The third kappa shape index (κ3) is 3.96. The van der Waals surface area contributed by atoms with Crippen LogP contribution >= 0.6 is 11.6 Å². The fourth-order valence-electron chi connectivity index (χ4n) is 3.89. The first-order valence-electron chi connectivity index (χ1n) is 10.1. The van der Waals surface area contributed by atoms with Gasteiger partial charge in [-0.05, 0) is 24.1 Å². The minimum absolute atomic E-state index is 0.222. The smallest absolute Gasteiger partial charge is 0.227 e. The summed E-state index contributed by atoms with van der Waals surface area (Å²) in [5.41, 5.74) is 3.57. The highest BCUT2D eigenvalue weighted by molar-refractivity contribution is 6.35. The van der Waals surface area contributed by atoms with Crippen LogP contribution in [0.1, 0.15) is 36.4 Å². The molecule has 1 aliphatic rings. The normalized spacial score (nSPS) is 16.2. The molecule has 0 bridgehead atoms. The van der Waals surface area contributed by atoms with E-state index in [4.69, 9.17) is 11.6 Å². The van der Waals surface area contributed by atoms with Crippen LogP contribution in [0.15, 0.2) is 36.8 Å². The summed E-state index contributed by atoms with van der Waals surface area (Å²) in [5, 5.41) is 11.2. The van der Waals surface area contributed by atoms with Gasteiger partial charge in [0.25, 0.3) is 0 Å². The van der Waals surface area contributed by atoms with E-state index in [2.05, 4.69) is 35.5 Å². The van der Waals surface area contributed by atoms with E-state index in [1.807, 2.05) is 30.1 Å². The lowest BCUT2D eigenvalue weighted by atomic mass is 10.0. The van der Waals surface area contributed by atoms with Crippen molar-refractivity contribution in [3.05, 3.63) is 53.1 Å². The topological polar surface area (TPSA) is 115 Å². The van der Waals surface area contributed by atoms with Crippen LogP contribution < -0.4 is 10.2 Å². The predicted molar refractivity (Wildman–Crippen MR) is 119 cm³/mol. The van der Waals surface area contributed by atoms with Crippen LogP contribution in [-0.4, -0.2) is 43.0 Å². The molecule has 9 nitrogen and oxygen atoms in total. The van der Waals surface area contributed by atoms with E-state index in [9.17, 15) is 4.79 Å². The van der Waals surface area contributed by atoms with Crippen molar-refractivity contribution in [1.29, 1.82) is 0 Å². The Bertz CT molecular complexity index is 1250. The average molecular weight is 437 g/mol. The molecule has 0 amide bonds. The summed E-state index contributed by atoms with van der Waals surface area (Å²) < 4.78 is 0. The number of imidazole rings is 1. The minimum Gasteiger partial charge on any atom is -0.345 e. The van der Waals surface area contributed by atoms with Crippen molar-refractivity contribution in [2.45, 2.75) is 31.7 Å². The van der Waals surface area contributed by atoms with Gasteiger partial charge in [-0.1, -0.05) is 17.7 Å². The molecule has 1 aromatic carbocycles. The van der Waals surface area contributed by atoms with Crippen LogP contribution in [0.2, 0.25) is 5.02 Å². The second-order valence-electron chi connectivity index (χ2n) is 7.75. The highest BCUT2D eigenvalue weighted by Crippen LogP contribution is 2.32. The average Bonchev–Trinajstić information content (AvgIpc) is 3.51. The van der Waals surface area contributed by atoms with Gasteiger partial charge in [0.15, 0.2) is 5.82 Å². The molecule has 1 fully saturated rings. The number of rotatable bonds is 6. The Morgan fingerprint density at radius 2 is 2.16 bits per heavy atom. The molecule has 10 heteroatoms. The number of carbonyl (C=O) groups excluding carboxylic acids is 1. The summed E-state index contributed by atoms with van der Waals surface area (Å²) in [6.45, 7) is 0.535. The number of halogens is 1. The van der Waals surface area contributed by atoms with Gasteiger partial charge in [0, 0.05) is 50.3 Å². The van der Waals surface area contributed by atoms with Crippen molar-refractivity contribution >= 4 is 46.0 Å². The zero-order valence-corrected chi connectivity index (χ0v) is 17.6. The zero-order valence-electron chi connectivity index (χ0n) is 16.9. The summed E-state index contributed by atoms with van der Waals surface area (Å²) in [7, 11) is 1.91. The van der Waals surface area contributed by atoms with Crippen LogP contribution in [0, 0.1) is 0 Å². The molecule has 3 heterocycles. The van der Waals surface area contributed by atoms with Gasteiger partial charge in [-0.3, -0.25) is 9.89 Å². The molecule has 1 aliphatic carbocycles. The second-order valence-corrected chi connectivity index (χ2v) is 8.13. The van der Waals surface area contributed by atoms with E-state index in [0.29, 0.717) is 47.8 Å². The number of hydrogen-bond acceptors (Lipinski definition) is 7. The lowest BCUT2D eigenvalue weighted by Crippen LogP contribution is -2.19. The fraction of sp³-hybridized carbons (Fsp3) is 0.286. The molecule has 0 saturated heterocycles. The van der Waals surface area contributed by atoms with Crippen molar-refractivity contribution in [2.24, 2.45) is 0 Å². The second kappa shape index (κ2) is 7.99. The number of nitrogens with zero attached hydrogens (tertiary/aromatic N) is 5. The number of nitrogens with one attached hydrogen (secondary N) is 3. The molecule has 0 spiro atoms. The third-order valence-electron chi connectivity index (χ3n) is 5.54. The summed E-state index contributed by atoms with van der Waals surface area (Å²) in [4.78, 5) is 29.8. The van der Waals surface area contributed by atoms with Crippen molar-refractivity contribution in [3.63, 3.8) is 0 Å². The number of benzene rings is 1. The number of ketones is 1. The lowest BCUT2D eigenvalue weighted by molar-refractivity contribution is -0.117. The molecule has 1 saturated carbocycles. The molecular formula is C21H21ClN8O. The minimum atomic E-state index is 0.222. The summed E-state index contributed by atoms with van der Waals surface area (Å²) in [6, 6.07) is 7.66. The number of aromatic amines is 2. The number of Topliss-reactive ketones (excluding diaryl/α,β-unsaturated/α-hetero) is 1. The Kier molecular flexibility index (Phi) is 5.03. The SMILES string of the molecule is CN(Cc1ccc2[nH]cnc2c1Cl)c1nccc(Nc2cc(C3CCC(=O)C3)[nH]n2)n1. The highest BCUT2D eigenvalue weighted by atomic mass is 35.5. The summed E-state index contributed by atoms with van der Waals surface area (Å²) in [6.07, 6.45) is 5.42. The largest absolute Gasteiger partial charge is 0.345 e. The van der Waals surface area contributed by atoms with Crippen LogP contribution in [-0.2, 0) is 11.3 Å². The first-order chi connectivity index (χ1) is 15.1. The first kappa shape index (κ1) is 19.5. The maximum Gasteiger partial charge on any atom is 0.227 e. The maximum absolute atomic E-state index is 11.5. The highest BCUT2D eigenvalue weighted by Gasteiger charge is 2.25. The molecule has 4 aromatic rings. The van der Waals surface area contributed by atoms with Gasteiger partial charge in [0.05, 0.1) is 16.9 Å². The number of carbonyl (C=O) groups is 1. The van der Waals surface area contributed by atoms with E-state index in [1.165, 1.54) is 0 Å². The van der Waals surface area contributed by atoms with E-state index in [-0.39, 0.29) is 5.92 Å².